The molecule has 1 aliphatic heterocycles. The lowest BCUT2D eigenvalue weighted by molar-refractivity contribution is -0.151. The Labute approximate surface area is 174 Å². The van der Waals surface area contributed by atoms with Gasteiger partial charge in [0.25, 0.3) is 0 Å². The molecule has 1 fully saturated rings. The Balaban J connectivity index is 1.58. The zero-order valence-electron chi connectivity index (χ0n) is 16.3. The topological polar surface area (TPSA) is 72.9 Å². The third-order valence-corrected chi connectivity index (χ3v) is 5.27. The highest BCUT2D eigenvalue weighted by molar-refractivity contribution is 6.31. The van der Waals surface area contributed by atoms with Gasteiger partial charge in [-0.15, -0.1) is 0 Å². The van der Waals surface area contributed by atoms with Gasteiger partial charge >= 0.3 is 5.97 Å². The molecule has 6 nitrogen and oxygen atoms in total. The van der Waals surface area contributed by atoms with Crippen molar-refractivity contribution >= 4 is 29.3 Å². The van der Waals surface area contributed by atoms with E-state index in [0.29, 0.717) is 22.9 Å². The number of benzene rings is 2. The molecule has 0 aliphatic carbocycles. The second kappa shape index (κ2) is 9.09. The van der Waals surface area contributed by atoms with E-state index in [2.05, 4.69) is 0 Å². The summed E-state index contributed by atoms with van der Waals surface area (Å²) in [6, 6.07) is 13.9. The quantitative estimate of drug-likeness (QED) is 0.511. The molecule has 7 heteroatoms. The van der Waals surface area contributed by atoms with Crippen LogP contribution in [0.3, 0.4) is 0 Å². The first-order valence-corrected chi connectivity index (χ1v) is 9.66. The van der Waals surface area contributed by atoms with Crippen molar-refractivity contribution in [1.29, 1.82) is 0 Å². The minimum absolute atomic E-state index is 0.0622. The maximum Gasteiger partial charge on any atom is 0.311 e. The second-order valence-electron chi connectivity index (χ2n) is 6.94. The summed E-state index contributed by atoms with van der Waals surface area (Å²) in [6.45, 7) is 2.11. The van der Waals surface area contributed by atoms with E-state index in [0.717, 1.165) is 5.56 Å². The van der Waals surface area contributed by atoms with Crippen LogP contribution in [0.25, 0.3) is 0 Å². The summed E-state index contributed by atoms with van der Waals surface area (Å²) in [5.41, 5.74) is 1.24. The number of ketones is 1. The van der Waals surface area contributed by atoms with E-state index in [4.69, 9.17) is 21.1 Å². The van der Waals surface area contributed by atoms with Crippen molar-refractivity contribution in [3.63, 3.8) is 0 Å². The Bertz CT molecular complexity index is 912. The molecule has 1 heterocycles. The lowest BCUT2D eigenvalue weighted by atomic mass is 10.1. The highest BCUT2D eigenvalue weighted by Gasteiger charge is 2.36. The van der Waals surface area contributed by atoms with Gasteiger partial charge in [0.15, 0.2) is 6.10 Å². The third kappa shape index (κ3) is 4.95. The van der Waals surface area contributed by atoms with Crippen LogP contribution in [0.1, 0.15) is 29.3 Å². The van der Waals surface area contributed by atoms with E-state index in [1.165, 1.54) is 6.92 Å². The lowest BCUT2D eigenvalue weighted by Crippen LogP contribution is -2.30. The molecule has 29 heavy (non-hydrogen) atoms. The average Bonchev–Trinajstić information content (AvgIpc) is 3.09. The van der Waals surface area contributed by atoms with Gasteiger partial charge in [0.1, 0.15) is 5.75 Å². The molecule has 0 aromatic heterocycles. The van der Waals surface area contributed by atoms with Crippen LogP contribution < -0.4 is 4.74 Å². The van der Waals surface area contributed by atoms with Gasteiger partial charge in [0.2, 0.25) is 11.7 Å². The SMILES string of the molecule is COc1ccc(C(=O)[C@@H](C)OC(=O)[C@H]2CC(=O)N(Cc3ccccc3Cl)C2)cc1. The summed E-state index contributed by atoms with van der Waals surface area (Å²) >= 11 is 6.16. The predicted octanol–water partition coefficient (Wildman–Crippen LogP) is 3.51. The van der Waals surface area contributed by atoms with Gasteiger partial charge in [-0.1, -0.05) is 29.8 Å². The van der Waals surface area contributed by atoms with Crippen LogP contribution in [-0.4, -0.2) is 42.3 Å². The van der Waals surface area contributed by atoms with E-state index in [-0.39, 0.29) is 24.7 Å². The molecule has 0 saturated carbocycles. The van der Waals surface area contributed by atoms with E-state index >= 15 is 0 Å². The maximum absolute atomic E-state index is 12.5. The summed E-state index contributed by atoms with van der Waals surface area (Å²) in [5.74, 6) is -0.959. The summed E-state index contributed by atoms with van der Waals surface area (Å²) in [4.78, 5) is 38.9. The maximum atomic E-state index is 12.5. The summed E-state index contributed by atoms with van der Waals surface area (Å²) < 4.78 is 10.4. The molecule has 0 unspecified atom stereocenters. The van der Waals surface area contributed by atoms with E-state index < -0.39 is 18.0 Å². The normalized spacial score (nSPS) is 17.1. The molecule has 1 amide bonds. The molecule has 2 aromatic carbocycles. The van der Waals surface area contributed by atoms with Crippen molar-refractivity contribution in [1.82, 2.24) is 4.90 Å². The molecule has 3 rings (SSSR count). The van der Waals surface area contributed by atoms with Gasteiger partial charge in [0.05, 0.1) is 13.0 Å². The predicted molar refractivity (Wildman–Crippen MR) is 108 cm³/mol. The van der Waals surface area contributed by atoms with Gasteiger partial charge < -0.3 is 14.4 Å². The van der Waals surface area contributed by atoms with Crippen LogP contribution in [-0.2, 0) is 20.9 Å². The number of rotatable bonds is 7. The van der Waals surface area contributed by atoms with Gasteiger partial charge in [-0.2, -0.15) is 0 Å². The average molecular weight is 416 g/mol. The first kappa shape index (κ1) is 20.9. The summed E-state index contributed by atoms with van der Waals surface area (Å²) in [5, 5.41) is 0.574. The third-order valence-electron chi connectivity index (χ3n) is 4.90. The van der Waals surface area contributed by atoms with Crippen molar-refractivity contribution < 1.29 is 23.9 Å². The molecule has 0 bridgehead atoms. The minimum Gasteiger partial charge on any atom is -0.497 e. The van der Waals surface area contributed by atoms with Crippen LogP contribution >= 0.6 is 11.6 Å². The zero-order chi connectivity index (χ0) is 21.0. The molecule has 2 aromatic rings. The molecule has 0 N–H and O–H groups in total. The van der Waals surface area contributed by atoms with Crippen LogP contribution in [0.15, 0.2) is 48.5 Å². The van der Waals surface area contributed by atoms with Gasteiger partial charge in [0, 0.05) is 30.1 Å². The van der Waals surface area contributed by atoms with Crippen molar-refractivity contribution in [3.8, 4) is 5.75 Å². The van der Waals surface area contributed by atoms with Crippen LogP contribution in [0.2, 0.25) is 5.02 Å². The number of carbonyl (C=O) groups is 3. The number of ether oxygens (including phenoxy) is 2. The van der Waals surface area contributed by atoms with Crippen LogP contribution in [0.5, 0.6) is 5.75 Å². The number of esters is 1. The highest BCUT2D eigenvalue weighted by atomic mass is 35.5. The number of hydrogen-bond acceptors (Lipinski definition) is 5. The van der Waals surface area contributed by atoms with Crippen molar-refractivity contribution in [2.75, 3.05) is 13.7 Å². The van der Waals surface area contributed by atoms with E-state index in [1.807, 2.05) is 18.2 Å². The molecule has 0 radical (unpaired) electrons. The minimum atomic E-state index is -0.941. The Morgan fingerprint density at radius 2 is 1.86 bits per heavy atom. The molecule has 152 valence electrons. The number of nitrogens with zero attached hydrogens (tertiary/aromatic N) is 1. The molecule has 0 spiro atoms. The Kier molecular flexibility index (Phi) is 6.54. The zero-order valence-corrected chi connectivity index (χ0v) is 17.0. The molecular weight excluding hydrogens is 394 g/mol. The number of hydrogen-bond donors (Lipinski definition) is 0. The van der Waals surface area contributed by atoms with Crippen molar-refractivity contribution in [2.45, 2.75) is 26.0 Å². The summed E-state index contributed by atoms with van der Waals surface area (Å²) in [6.07, 6.45) is -0.879. The first-order chi connectivity index (χ1) is 13.9. The molecular formula is C22H22ClNO5. The van der Waals surface area contributed by atoms with E-state index in [9.17, 15) is 14.4 Å². The monoisotopic (exact) mass is 415 g/mol. The Hall–Kier alpha value is -2.86. The number of halogens is 1. The number of Topliss-reactive ketones (excluding diaryl/α,β-unsaturated/α-hetero) is 1. The van der Waals surface area contributed by atoms with Crippen molar-refractivity contribution in [3.05, 3.63) is 64.7 Å². The second-order valence-corrected chi connectivity index (χ2v) is 7.35. The standard InChI is InChI=1S/C22H22ClNO5/c1-14(21(26)15-7-9-18(28-2)10-8-15)29-22(27)17-11-20(25)24(13-17)12-16-5-3-4-6-19(16)23/h3-10,14,17H,11-13H2,1-2H3/t14-,17+/m1/s1. The number of likely N-dealkylation sites (tertiary alicyclic amines) is 1. The lowest BCUT2D eigenvalue weighted by Gasteiger charge is -2.18. The first-order valence-electron chi connectivity index (χ1n) is 9.29. The molecule has 1 aliphatic rings. The number of amides is 1. The molecule has 1 saturated heterocycles. The Morgan fingerprint density at radius 1 is 1.17 bits per heavy atom. The fourth-order valence-electron chi connectivity index (χ4n) is 3.23. The number of methoxy groups -OCH3 is 1. The molecule has 2 atom stereocenters. The highest BCUT2D eigenvalue weighted by Crippen LogP contribution is 2.25. The Morgan fingerprint density at radius 3 is 2.52 bits per heavy atom. The van der Waals surface area contributed by atoms with Gasteiger partial charge in [-0.3, -0.25) is 14.4 Å². The summed E-state index contributed by atoms with van der Waals surface area (Å²) in [7, 11) is 1.54. The van der Waals surface area contributed by atoms with Gasteiger partial charge in [-0.25, -0.2) is 0 Å². The fourth-order valence-corrected chi connectivity index (χ4v) is 3.42. The van der Waals surface area contributed by atoms with E-state index in [1.54, 1.807) is 42.3 Å². The number of carbonyl (C=O) groups excluding carboxylic acids is 3. The fraction of sp³-hybridized carbons (Fsp3) is 0.318. The smallest absolute Gasteiger partial charge is 0.311 e. The van der Waals surface area contributed by atoms with Gasteiger partial charge in [-0.05, 0) is 42.8 Å². The van der Waals surface area contributed by atoms with Crippen LogP contribution in [0, 0.1) is 5.92 Å². The largest absolute Gasteiger partial charge is 0.497 e. The van der Waals surface area contributed by atoms with Crippen molar-refractivity contribution in [2.24, 2.45) is 5.92 Å². The van der Waals surface area contributed by atoms with Crippen LogP contribution in [0.4, 0.5) is 0 Å².